The van der Waals surface area contributed by atoms with Crippen LogP contribution < -0.4 is 4.74 Å². The summed E-state index contributed by atoms with van der Waals surface area (Å²) >= 11 is 6.75. The van der Waals surface area contributed by atoms with Crippen molar-refractivity contribution >= 4 is 37.9 Å². The molecule has 1 rings (SSSR count). The SMILES string of the molecule is COc1ccc(Br)cc1C=CCBr. The molecule has 0 fully saturated rings. The first-order valence-electron chi connectivity index (χ1n) is 3.84. The van der Waals surface area contributed by atoms with Gasteiger partial charge in [-0.25, -0.2) is 0 Å². The second-order valence-corrected chi connectivity index (χ2v) is 4.01. The lowest BCUT2D eigenvalue weighted by Crippen LogP contribution is -1.86. The third-order valence-electron chi connectivity index (χ3n) is 1.58. The zero-order valence-electron chi connectivity index (χ0n) is 7.26. The Kier molecular flexibility index (Phi) is 4.53. The van der Waals surface area contributed by atoms with Crippen molar-refractivity contribution in [3.05, 3.63) is 34.3 Å². The van der Waals surface area contributed by atoms with E-state index < -0.39 is 0 Å². The summed E-state index contributed by atoms with van der Waals surface area (Å²) in [5, 5.41) is 0.850. The van der Waals surface area contributed by atoms with Crippen molar-refractivity contribution in [2.75, 3.05) is 12.4 Å². The van der Waals surface area contributed by atoms with E-state index in [0.717, 1.165) is 21.1 Å². The van der Waals surface area contributed by atoms with Crippen LogP contribution in [-0.4, -0.2) is 12.4 Å². The lowest BCUT2D eigenvalue weighted by molar-refractivity contribution is 0.414. The predicted molar refractivity (Wildman–Crippen MR) is 63.5 cm³/mol. The second-order valence-electron chi connectivity index (χ2n) is 2.44. The Balaban J connectivity index is 3.01. The van der Waals surface area contributed by atoms with Gasteiger partial charge in [-0.05, 0) is 18.2 Å². The summed E-state index contributed by atoms with van der Waals surface area (Å²) in [6.07, 6.45) is 4.06. The molecule has 0 unspecified atom stereocenters. The molecule has 0 saturated carbocycles. The van der Waals surface area contributed by atoms with Gasteiger partial charge in [0, 0.05) is 15.4 Å². The van der Waals surface area contributed by atoms with Crippen LogP contribution in [0, 0.1) is 0 Å². The fraction of sp³-hybridized carbons (Fsp3) is 0.200. The summed E-state index contributed by atoms with van der Waals surface area (Å²) in [6, 6.07) is 5.93. The number of alkyl halides is 1. The highest BCUT2D eigenvalue weighted by Crippen LogP contribution is 2.23. The Morgan fingerprint density at radius 2 is 2.23 bits per heavy atom. The molecular weight excluding hydrogens is 296 g/mol. The molecule has 3 heteroatoms. The molecule has 0 radical (unpaired) electrons. The first-order chi connectivity index (χ1) is 6.27. The van der Waals surface area contributed by atoms with Crippen LogP contribution in [-0.2, 0) is 0 Å². The quantitative estimate of drug-likeness (QED) is 0.770. The van der Waals surface area contributed by atoms with Crippen LogP contribution in [0.3, 0.4) is 0 Å². The molecule has 0 N–H and O–H groups in total. The number of ether oxygens (including phenoxy) is 1. The molecule has 0 aliphatic rings. The third kappa shape index (κ3) is 3.16. The van der Waals surface area contributed by atoms with Crippen LogP contribution in [0.15, 0.2) is 28.7 Å². The Hall–Kier alpha value is -0.280. The molecule has 1 aromatic rings. The number of rotatable bonds is 3. The van der Waals surface area contributed by atoms with Crippen molar-refractivity contribution in [3.8, 4) is 5.75 Å². The van der Waals surface area contributed by atoms with Gasteiger partial charge in [-0.3, -0.25) is 0 Å². The number of benzene rings is 1. The number of halogens is 2. The van der Waals surface area contributed by atoms with Crippen LogP contribution in [0.2, 0.25) is 0 Å². The number of allylic oxidation sites excluding steroid dienone is 1. The van der Waals surface area contributed by atoms with E-state index in [1.807, 2.05) is 30.4 Å². The lowest BCUT2D eigenvalue weighted by atomic mass is 10.2. The number of hydrogen-bond donors (Lipinski definition) is 0. The standard InChI is InChI=1S/C10H10Br2O/c1-13-10-5-4-9(12)7-8(10)3-2-6-11/h2-5,7H,6H2,1H3. The normalized spacial score (nSPS) is 10.7. The topological polar surface area (TPSA) is 9.23 Å². The average molecular weight is 306 g/mol. The van der Waals surface area contributed by atoms with Crippen molar-refractivity contribution in [3.63, 3.8) is 0 Å². The molecule has 1 nitrogen and oxygen atoms in total. The van der Waals surface area contributed by atoms with E-state index in [9.17, 15) is 0 Å². The molecule has 0 amide bonds. The highest BCUT2D eigenvalue weighted by atomic mass is 79.9. The first-order valence-corrected chi connectivity index (χ1v) is 5.75. The van der Waals surface area contributed by atoms with Gasteiger partial charge < -0.3 is 4.74 Å². The summed E-state index contributed by atoms with van der Waals surface area (Å²) in [4.78, 5) is 0. The smallest absolute Gasteiger partial charge is 0.126 e. The van der Waals surface area contributed by atoms with Crippen LogP contribution in [0.4, 0.5) is 0 Å². The minimum Gasteiger partial charge on any atom is -0.496 e. The summed E-state index contributed by atoms with van der Waals surface area (Å²) in [5.74, 6) is 0.889. The Morgan fingerprint density at radius 1 is 1.46 bits per heavy atom. The maximum atomic E-state index is 5.21. The van der Waals surface area contributed by atoms with Gasteiger partial charge in [0.15, 0.2) is 0 Å². The molecule has 0 aromatic heterocycles. The van der Waals surface area contributed by atoms with Gasteiger partial charge in [0.1, 0.15) is 5.75 Å². The maximum Gasteiger partial charge on any atom is 0.126 e. The van der Waals surface area contributed by atoms with Gasteiger partial charge in [0.2, 0.25) is 0 Å². The highest BCUT2D eigenvalue weighted by Gasteiger charge is 1.98. The van der Waals surface area contributed by atoms with Gasteiger partial charge in [-0.1, -0.05) is 44.0 Å². The van der Waals surface area contributed by atoms with Gasteiger partial charge in [-0.2, -0.15) is 0 Å². The van der Waals surface area contributed by atoms with E-state index >= 15 is 0 Å². The minimum absolute atomic E-state index is 0.850. The van der Waals surface area contributed by atoms with E-state index in [0.29, 0.717) is 0 Å². The van der Waals surface area contributed by atoms with Crippen molar-refractivity contribution < 1.29 is 4.74 Å². The molecule has 0 atom stereocenters. The molecule has 1 aromatic carbocycles. The van der Waals surface area contributed by atoms with Crippen LogP contribution in [0.5, 0.6) is 5.75 Å². The van der Waals surface area contributed by atoms with Crippen LogP contribution >= 0.6 is 31.9 Å². The molecule has 0 bridgehead atoms. The highest BCUT2D eigenvalue weighted by molar-refractivity contribution is 9.10. The number of methoxy groups -OCH3 is 1. The van der Waals surface area contributed by atoms with E-state index in [2.05, 4.69) is 31.9 Å². The van der Waals surface area contributed by atoms with Gasteiger partial charge in [0.25, 0.3) is 0 Å². The Morgan fingerprint density at radius 3 is 2.85 bits per heavy atom. The Labute approximate surface area is 95.1 Å². The summed E-state index contributed by atoms with van der Waals surface area (Å²) in [5.41, 5.74) is 1.08. The van der Waals surface area contributed by atoms with Crippen molar-refractivity contribution in [1.82, 2.24) is 0 Å². The summed E-state index contributed by atoms with van der Waals surface area (Å²) < 4.78 is 6.27. The summed E-state index contributed by atoms with van der Waals surface area (Å²) in [7, 11) is 1.68. The fourth-order valence-corrected chi connectivity index (χ4v) is 1.57. The second kappa shape index (κ2) is 5.45. The Bertz CT molecular complexity index is 308. The molecule has 13 heavy (non-hydrogen) atoms. The monoisotopic (exact) mass is 304 g/mol. The maximum absolute atomic E-state index is 5.21. The minimum atomic E-state index is 0.850. The molecule has 0 heterocycles. The van der Waals surface area contributed by atoms with E-state index in [-0.39, 0.29) is 0 Å². The predicted octanol–water partition coefficient (Wildman–Crippen LogP) is 3.87. The van der Waals surface area contributed by atoms with Crippen LogP contribution in [0.1, 0.15) is 5.56 Å². The third-order valence-corrected chi connectivity index (χ3v) is 2.45. The molecule has 0 spiro atoms. The zero-order chi connectivity index (χ0) is 9.68. The van der Waals surface area contributed by atoms with Gasteiger partial charge in [0.05, 0.1) is 7.11 Å². The first kappa shape index (κ1) is 10.8. The van der Waals surface area contributed by atoms with Crippen molar-refractivity contribution in [1.29, 1.82) is 0 Å². The van der Waals surface area contributed by atoms with Gasteiger partial charge >= 0.3 is 0 Å². The summed E-state index contributed by atoms with van der Waals surface area (Å²) in [6.45, 7) is 0. The molecular formula is C10H10Br2O. The molecule has 0 aliphatic heterocycles. The molecule has 0 saturated heterocycles. The van der Waals surface area contributed by atoms with Crippen molar-refractivity contribution in [2.45, 2.75) is 0 Å². The molecule has 70 valence electrons. The zero-order valence-corrected chi connectivity index (χ0v) is 10.4. The number of hydrogen-bond acceptors (Lipinski definition) is 1. The van der Waals surface area contributed by atoms with Crippen LogP contribution in [0.25, 0.3) is 6.08 Å². The van der Waals surface area contributed by atoms with E-state index in [4.69, 9.17) is 4.74 Å². The van der Waals surface area contributed by atoms with Crippen molar-refractivity contribution in [2.24, 2.45) is 0 Å². The van der Waals surface area contributed by atoms with E-state index in [1.54, 1.807) is 7.11 Å². The van der Waals surface area contributed by atoms with Gasteiger partial charge in [-0.15, -0.1) is 0 Å². The largest absolute Gasteiger partial charge is 0.496 e. The average Bonchev–Trinajstić information content (AvgIpc) is 2.15. The fourth-order valence-electron chi connectivity index (χ4n) is 1.01. The van der Waals surface area contributed by atoms with E-state index in [1.165, 1.54) is 0 Å². The molecule has 0 aliphatic carbocycles. The lowest BCUT2D eigenvalue weighted by Gasteiger charge is -2.04.